The zero-order chi connectivity index (χ0) is 13.8. The Morgan fingerprint density at radius 1 is 1.47 bits per heavy atom. The van der Waals surface area contributed by atoms with Crippen molar-refractivity contribution in [3.63, 3.8) is 0 Å². The molecule has 0 spiro atoms. The summed E-state index contributed by atoms with van der Waals surface area (Å²) in [6.45, 7) is 4.14. The number of methoxy groups -OCH3 is 1. The fourth-order valence-corrected chi connectivity index (χ4v) is 2.68. The molecule has 2 aromatic heterocycles. The summed E-state index contributed by atoms with van der Waals surface area (Å²) in [7, 11) is 1.40. The lowest BCUT2D eigenvalue weighted by Crippen LogP contribution is -2.32. The predicted octanol–water partition coefficient (Wildman–Crippen LogP) is 2.69. The quantitative estimate of drug-likeness (QED) is 0.852. The molecule has 2 heterocycles. The van der Waals surface area contributed by atoms with Crippen LogP contribution in [0.4, 0.5) is 5.82 Å². The van der Waals surface area contributed by atoms with Gasteiger partial charge in [0.05, 0.1) is 17.3 Å². The van der Waals surface area contributed by atoms with Crippen LogP contribution in [0.1, 0.15) is 20.3 Å². The normalized spacial score (nSPS) is 12.6. The molecular formula is C13H17N3O2S. The number of hydrogen-bond acceptors (Lipinski definition) is 6. The van der Waals surface area contributed by atoms with Gasteiger partial charge in [-0.2, -0.15) is 0 Å². The minimum absolute atomic E-state index is 0.267. The van der Waals surface area contributed by atoms with Crippen molar-refractivity contribution >= 4 is 33.3 Å². The van der Waals surface area contributed by atoms with Gasteiger partial charge in [0, 0.05) is 0 Å². The lowest BCUT2D eigenvalue weighted by Gasteiger charge is -2.18. The molecule has 19 heavy (non-hydrogen) atoms. The first-order valence-corrected chi connectivity index (χ1v) is 7.02. The lowest BCUT2D eigenvalue weighted by atomic mass is 10.0. The highest BCUT2D eigenvalue weighted by Crippen LogP contribution is 2.26. The van der Waals surface area contributed by atoms with Gasteiger partial charge in [-0.1, -0.05) is 13.8 Å². The van der Waals surface area contributed by atoms with Crippen LogP contribution in [0.25, 0.3) is 10.2 Å². The van der Waals surface area contributed by atoms with E-state index >= 15 is 0 Å². The predicted molar refractivity (Wildman–Crippen MR) is 76.3 cm³/mol. The van der Waals surface area contributed by atoms with Crippen LogP contribution in [0, 0.1) is 5.92 Å². The summed E-state index contributed by atoms with van der Waals surface area (Å²) in [5.74, 6) is 0.810. The number of fused-ring (bicyclic) bond motifs is 1. The van der Waals surface area contributed by atoms with Crippen LogP contribution in [-0.2, 0) is 9.53 Å². The van der Waals surface area contributed by atoms with Gasteiger partial charge >= 0.3 is 5.97 Å². The zero-order valence-electron chi connectivity index (χ0n) is 11.2. The summed E-state index contributed by atoms with van der Waals surface area (Å²) in [5, 5.41) is 5.13. The number of rotatable bonds is 5. The van der Waals surface area contributed by atoms with E-state index in [1.165, 1.54) is 13.4 Å². The molecule has 1 unspecified atom stereocenters. The van der Waals surface area contributed by atoms with Crippen molar-refractivity contribution in [1.29, 1.82) is 0 Å². The van der Waals surface area contributed by atoms with E-state index in [1.54, 1.807) is 11.3 Å². The number of hydrogen-bond donors (Lipinski definition) is 1. The Balaban J connectivity index is 2.25. The molecule has 0 bridgehead atoms. The maximum Gasteiger partial charge on any atom is 0.328 e. The van der Waals surface area contributed by atoms with Gasteiger partial charge in [0.2, 0.25) is 0 Å². The number of anilines is 1. The summed E-state index contributed by atoms with van der Waals surface area (Å²) < 4.78 is 5.80. The first kappa shape index (κ1) is 13.7. The SMILES string of the molecule is COC(=O)C(CC(C)C)Nc1ncnc2ccsc12. The highest BCUT2D eigenvalue weighted by atomic mass is 32.1. The fraction of sp³-hybridized carbons (Fsp3) is 0.462. The number of nitrogens with zero attached hydrogens (tertiary/aromatic N) is 2. The van der Waals surface area contributed by atoms with Crippen LogP contribution in [-0.4, -0.2) is 29.1 Å². The maximum absolute atomic E-state index is 11.8. The minimum Gasteiger partial charge on any atom is -0.467 e. The van der Waals surface area contributed by atoms with Crippen LogP contribution in [0.5, 0.6) is 0 Å². The Kier molecular flexibility index (Phi) is 4.31. The topological polar surface area (TPSA) is 64.1 Å². The summed E-state index contributed by atoms with van der Waals surface area (Å²) in [6, 6.07) is 1.55. The van der Waals surface area contributed by atoms with Crippen molar-refractivity contribution < 1.29 is 9.53 Å². The minimum atomic E-state index is -0.384. The van der Waals surface area contributed by atoms with Crippen molar-refractivity contribution in [3.05, 3.63) is 17.8 Å². The van der Waals surface area contributed by atoms with Gasteiger partial charge in [-0.15, -0.1) is 11.3 Å². The van der Waals surface area contributed by atoms with E-state index in [1.807, 2.05) is 11.4 Å². The van der Waals surface area contributed by atoms with Gasteiger partial charge in [-0.25, -0.2) is 14.8 Å². The molecule has 0 saturated carbocycles. The largest absolute Gasteiger partial charge is 0.467 e. The Morgan fingerprint density at radius 3 is 2.95 bits per heavy atom. The van der Waals surface area contributed by atoms with E-state index < -0.39 is 0 Å². The first-order chi connectivity index (χ1) is 9.11. The smallest absolute Gasteiger partial charge is 0.328 e. The number of thiophene rings is 1. The Morgan fingerprint density at radius 2 is 2.26 bits per heavy atom. The Hall–Kier alpha value is -1.69. The number of aromatic nitrogens is 2. The molecular weight excluding hydrogens is 262 g/mol. The highest BCUT2D eigenvalue weighted by molar-refractivity contribution is 7.17. The molecule has 0 aliphatic heterocycles. The van der Waals surface area contributed by atoms with E-state index in [0.717, 1.165) is 10.2 Å². The third-order valence-electron chi connectivity index (χ3n) is 2.75. The van der Waals surface area contributed by atoms with Crippen LogP contribution in [0.3, 0.4) is 0 Å². The van der Waals surface area contributed by atoms with E-state index in [2.05, 4.69) is 29.1 Å². The summed E-state index contributed by atoms with van der Waals surface area (Å²) in [5.41, 5.74) is 0.885. The van der Waals surface area contributed by atoms with Crippen molar-refractivity contribution in [2.24, 2.45) is 5.92 Å². The van der Waals surface area contributed by atoms with E-state index in [0.29, 0.717) is 18.2 Å². The Labute approximate surface area is 116 Å². The number of carbonyl (C=O) groups is 1. The molecule has 1 N–H and O–H groups in total. The average molecular weight is 279 g/mol. The average Bonchev–Trinajstić information content (AvgIpc) is 2.85. The standard InChI is InChI=1S/C13H17N3O2S/c1-8(2)6-10(13(17)18-3)16-12-11-9(4-5-19-11)14-7-15-12/h4-5,7-8,10H,6H2,1-3H3,(H,14,15,16). The molecule has 0 aromatic carbocycles. The number of esters is 1. The molecule has 0 fully saturated rings. The summed E-state index contributed by atoms with van der Waals surface area (Å²) in [4.78, 5) is 20.2. The van der Waals surface area contributed by atoms with Crippen LogP contribution < -0.4 is 5.32 Å². The molecule has 6 heteroatoms. The summed E-state index contributed by atoms with van der Waals surface area (Å²) >= 11 is 1.55. The van der Waals surface area contributed by atoms with Gasteiger partial charge in [-0.05, 0) is 23.8 Å². The van der Waals surface area contributed by atoms with Crippen molar-refractivity contribution in [2.75, 3.05) is 12.4 Å². The number of nitrogens with one attached hydrogen (secondary N) is 1. The molecule has 0 amide bonds. The first-order valence-electron chi connectivity index (χ1n) is 6.14. The molecule has 0 aliphatic rings. The second kappa shape index (κ2) is 5.97. The van der Waals surface area contributed by atoms with Gasteiger partial charge in [-0.3, -0.25) is 0 Å². The molecule has 5 nitrogen and oxygen atoms in total. The molecule has 0 radical (unpaired) electrons. The zero-order valence-corrected chi connectivity index (χ0v) is 12.0. The molecule has 2 rings (SSSR count). The van der Waals surface area contributed by atoms with Gasteiger partial charge in [0.1, 0.15) is 18.2 Å². The molecule has 0 aliphatic carbocycles. The maximum atomic E-state index is 11.8. The lowest BCUT2D eigenvalue weighted by molar-refractivity contribution is -0.141. The monoisotopic (exact) mass is 279 g/mol. The van der Waals surface area contributed by atoms with Crippen molar-refractivity contribution in [1.82, 2.24) is 9.97 Å². The summed E-state index contributed by atoms with van der Waals surface area (Å²) in [6.07, 6.45) is 2.20. The molecule has 102 valence electrons. The van der Waals surface area contributed by atoms with Crippen LogP contribution in [0.15, 0.2) is 17.8 Å². The van der Waals surface area contributed by atoms with Gasteiger partial charge in [0.25, 0.3) is 0 Å². The van der Waals surface area contributed by atoms with E-state index in [9.17, 15) is 4.79 Å². The van der Waals surface area contributed by atoms with E-state index in [-0.39, 0.29) is 12.0 Å². The number of carbonyl (C=O) groups excluding carboxylic acids is 1. The second-order valence-corrected chi connectivity index (χ2v) is 5.62. The van der Waals surface area contributed by atoms with Gasteiger partial charge < -0.3 is 10.1 Å². The van der Waals surface area contributed by atoms with Crippen LogP contribution in [0.2, 0.25) is 0 Å². The van der Waals surface area contributed by atoms with Crippen molar-refractivity contribution in [2.45, 2.75) is 26.3 Å². The highest BCUT2D eigenvalue weighted by Gasteiger charge is 2.21. The molecule has 0 saturated heterocycles. The fourth-order valence-electron chi connectivity index (χ4n) is 1.88. The second-order valence-electron chi connectivity index (χ2n) is 4.71. The third-order valence-corrected chi connectivity index (χ3v) is 3.66. The van der Waals surface area contributed by atoms with Gasteiger partial charge in [0.15, 0.2) is 0 Å². The molecule has 1 atom stereocenters. The van der Waals surface area contributed by atoms with Crippen molar-refractivity contribution in [3.8, 4) is 0 Å². The van der Waals surface area contributed by atoms with E-state index in [4.69, 9.17) is 4.74 Å². The van der Waals surface area contributed by atoms with Crippen LogP contribution >= 0.6 is 11.3 Å². The number of ether oxygens (including phenoxy) is 1. The Bertz CT molecular complexity index is 568. The molecule has 2 aromatic rings. The third kappa shape index (κ3) is 3.20.